The summed E-state index contributed by atoms with van der Waals surface area (Å²) in [6.45, 7) is 11.1. The van der Waals surface area contributed by atoms with Crippen LogP contribution >= 0.6 is 0 Å². The van der Waals surface area contributed by atoms with Crippen molar-refractivity contribution in [3.05, 3.63) is 76.5 Å². The molecule has 1 heterocycles. The molecule has 7 nitrogen and oxygen atoms in total. The summed E-state index contributed by atoms with van der Waals surface area (Å²) in [6.07, 6.45) is -3.79. The van der Waals surface area contributed by atoms with Crippen molar-refractivity contribution in [3.63, 3.8) is 0 Å². The van der Waals surface area contributed by atoms with Gasteiger partial charge in [0.15, 0.2) is 5.78 Å². The third kappa shape index (κ3) is 6.79. The lowest BCUT2D eigenvalue weighted by Crippen LogP contribution is -2.33. The van der Waals surface area contributed by atoms with E-state index in [1.807, 2.05) is 41.5 Å². The van der Waals surface area contributed by atoms with Crippen LogP contribution < -0.4 is 10.4 Å². The number of carbonyl (C=O) groups excluding carboxylic acids is 2. The molecule has 0 radical (unpaired) electrons. The molecule has 1 aromatic heterocycles. The van der Waals surface area contributed by atoms with Crippen molar-refractivity contribution in [3.8, 4) is 11.6 Å². The highest BCUT2D eigenvalue weighted by molar-refractivity contribution is 5.97. The Kier molecular flexibility index (Phi) is 8.19. The number of phenols is 1. The topological polar surface area (TPSA) is 85.8 Å². The maximum atomic E-state index is 13.6. The molecule has 0 spiro atoms. The van der Waals surface area contributed by atoms with Crippen molar-refractivity contribution in [2.75, 3.05) is 7.11 Å². The lowest BCUT2D eigenvalue weighted by molar-refractivity contribution is -0.169. The Morgan fingerprint density at radius 1 is 0.949 bits per heavy atom. The number of methoxy groups -OCH3 is 1. The smallest absolute Gasteiger partial charge is 0.473 e. The summed E-state index contributed by atoms with van der Waals surface area (Å²) < 4.78 is 47.5. The molecule has 210 valence electrons. The quantitative estimate of drug-likeness (QED) is 0.414. The van der Waals surface area contributed by atoms with E-state index in [4.69, 9.17) is 4.74 Å². The maximum absolute atomic E-state index is 13.6. The number of phenolic OH excluding ortho intramolecular Hbond substituents is 1. The molecule has 10 heteroatoms. The van der Waals surface area contributed by atoms with Crippen LogP contribution in [-0.4, -0.2) is 39.2 Å². The first-order valence-electron chi connectivity index (χ1n) is 12.4. The van der Waals surface area contributed by atoms with E-state index in [0.717, 1.165) is 10.1 Å². The van der Waals surface area contributed by atoms with Gasteiger partial charge in [-0.3, -0.25) is 14.2 Å². The van der Waals surface area contributed by atoms with E-state index in [9.17, 15) is 27.9 Å². The molecule has 1 amide bonds. The van der Waals surface area contributed by atoms with Gasteiger partial charge in [-0.15, -0.1) is 0 Å². The molecule has 0 unspecified atom stereocenters. The van der Waals surface area contributed by atoms with Gasteiger partial charge in [0.2, 0.25) is 11.5 Å². The molecule has 2 aromatic carbocycles. The molecule has 0 saturated carbocycles. The highest BCUT2D eigenvalue weighted by Crippen LogP contribution is 2.40. The van der Waals surface area contributed by atoms with Crippen LogP contribution in [0.25, 0.3) is 0 Å². The van der Waals surface area contributed by atoms with Crippen molar-refractivity contribution in [1.82, 2.24) is 9.13 Å². The third-order valence-corrected chi connectivity index (χ3v) is 6.23. The average Bonchev–Trinajstić information content (AvgIpc) is 3.13. The molecule has 39 heavy (non-hydrogen) atoms. The summed E-state index contributed by atoms with van der Waals surface area (Å²) in [5, 5.41) is 11.0. The summed E-state index contributed by atoms with van der Waals surface area (Å²) in [6, 6.07) is 12.1. The first kappa shape index (κ1) is 29.7. The highest BCUT2D eigenvalue weighted by Gasteiger charge is 2.39. The zero-order valence-electron chi connectivity index (χ0n) is 23.2. The minimum atomic E-state index is -5.20. The number of ketones is 1. The number of imidazole rings is 1. The van der Waals surface area contributed by atoms with E-state index < -0.39 is 35.2 Å². The van der Waals surface area contributed by atoms with Crippen LogP contribution in [0.5, 0.6) is 11.6 Å². The van der Waals surface area contributed by atoms with E-state index in [1.165, 1.54) is 17.9 Å². The summed E-state index contributed by atoms with van der Waals surface area (Å²) in [7, 11) is 1.31. The fourth-order valence-electron chi connectivity index (χ4n) is 4.17. The minimum absolute atomic E-state index is 0.0545. The van der Waals surface area contributed by atoms with Crippen LogP contribution in [0.4, 0.5) is 13.2 Å². The van der Waals surface area contributed by atoms with E-state index in [1.54, 1.807) is 42.5 Å². The number of hydrogen-bond donors (Lipinski definition) is 1. The summed E-state index contributed by atoms with van der Waals surface area (Å²) in [5.74, 6) is -2.60. The Bertz CT molecular complexity index is 1400. The molecule has 0 aliphatic heterocycles. The third-order valence-electron chi connectivity index (χ3n) is 6.23. The normalized spacial score (nSPS) is 13.0. The number of amides is 1. The van der Waals surface area contributed by atoms with Crippen LogP contribution in [0.1, 0.15) is 68.6 Å². The van der Waals surface area contributed by atoms with E-state index >= 15 is 0 Å². The van der Waals surface area contributed by atoms with Gasteiger partial charge in [0.1, 0.15) is 5.75 Å². The second-order valence-corrected chi connectivity index (χ2v) is 11.4. The molecule has 0 fully saturated rings. The molecule has 3 rings (SSSR count). The van der Waals surface area contributed by atoms with Crippen LogP contribution in [0.15, 0.2) is 53.7 Å². The van der Waals surface area contributed by atoms with Gasteiger partial charge in [-0.25, -0.2) is 0 Å². The number of aromatic hydroxyl groups is 1. The second-order valence-electron chi connectivity index (χ2n) is 11.4. The number of ether oxygens (including phenoxy) is 1. The molecular formula is C29H34F3N3O4. The van der Waals surface area contributed by atoms with Gasteiger partial charge in [0.05, 0.1) is 26.4 Å². The first-order chi connectivity index (χ1) is 17.9. The monoisotopic (exact) mass is 545 g/mol. The van der Waals surface area contributed by atoms with Crippen molar-refractivity contribution < 1.29 is 32.6 Å². The average molecular weight is 546 g/mol. The Morgan fingerprint density at radius 3 is 1.95 bits per heavy atom. The van der Waals surface area contributed by atoms with Crippen molar-refractivity contribution in [2.24, 2.45) is 4.99 Å². The highest BCUT2D eigenvalue weighted by atomic mass is 19.4. The van der Waals surface area contributed by atoms with E-state index in [0.29, 0.717) is 11.1 Å². The number of Topliss-reactive ketones (excluding diaryl/α,β-unsaturated/α-hetero) is 1. The summed E-state index contributed by atoms with van der Waals surface area (Å²) >= 11 is 0. The Labute approximate surface area is 225 Å². The molecule has 0 saturated heterocycles. The summed E-state index contributed by atoms with van der Waals surface area (Å²) in [5.41, 5.74) is 0.766. The number of hydrogen-bond acceptors (Lipinski definition) is 4. The molecule has 0 aliphatic rings. The molecule has 0 atom stereocenters. The fraction of sp³-hybridized carbons (Fsp3) is 0.414. The van der Waals surface area contributed by atoms with Gasteiger partial charge in [0, 0.05) is 16.7 Å². The molecule has 1 N–H and O–H groups in total. The molecule has 3 aromatic rings. The fourth-order valence-corrected chi connectivity index (χ4v) is 4.17. The number of alkyl halides is 3. The molecular weight excluding hydrogens is 511 g/mol. The zero-order chi connectivity index (χ0) is 29.3. The lowest BCUT2D eigenvalue weighted by Gasteiger charge is -2.28. The Morgan fingerprint density at radius 2 is 1.49 bits per heavy atom. The number of nitrogens with zero attached hydrogens (tertiary/aromatic N) is 3. The Balaban J connectivity index is 2.20. The van der Waals surface area contributed by atoms with Crippen LogP contribution in [0, 0.1) is 0 Å². The van der Waals surface area contributed by atoms with Crippen LogP contribution in [0.3, 0.4) is 0 Å². The van der Waals surface area contributed by atoms with Gasteiger partial charge >= 0.3 is 12.1 Å². The summed E-state index contributed by atoms with van der Waals surface area (Å²) in [4.78, 5) is 28.9. The van der Waals surface area contributed by atoms with Crippen molar-refractivity contribution in [2.45, 2.75) is 71.6 Å². The molecule has 0 aliphatic carbocycles. The van der Waals surface area contributed by atoms with Gasteiger partial charge in [-0.05, 0) is 28.5 Å². The van der Waals surface area contributed by atoms with Gasteiger partial charge < -0.3 is 14.4 Å². The van der Waals surface area contributed by atoms with Crippen molar-refractivity contribution in [1.29, 1.82) is 0 Å². The number of aromatic nitrogens is 2. The van der Waals surface area contributed by atoms with Gasteiger partial charge in [-0.2, -0.15) is 18.2 Å². The Hall–Kier alpha value is -3.82. The van der Waals surface area contributed by atoms with E-state index in [2.05, 4.69) is 4.99 Å². The van der Waals surface area contributed by atoms with Gasteiger partial charge in [-0.1, -0.05) is 71.9 Å². The van der Waals surface area contributed by atoms with Crippen LogP contribution in [-0.2, 0) is 28.7 Å². The SMILES string of the molecule is COc1cn(Cc2ccccc2)/c(=N/C(=O)C(F)(F)F)n1CC(=O)c1cc(C(C)(C)C)c(O)c(C(C)(C)C)c1. The number of rotatable bonds is 6. The number of halogens is 3. The first-order valence-corrected chi connectivity index (χ1v) is 12.4. The predicted octanol–water partition coefficient (Wildman–Crippen LogP) is 5.52. The van der Waals surface area contributed by atoms with E-state index in [-0.39, 0.29) is 29.4 Å². The second kappa shape index (κ2) is 10.7. The molecule has 0 bridgehead atoms. The minimum Gasteiger partial charge on any atom is -0.507 e. The lowest BCUT2D eigenvalue weighted by atomic mass is 9.78. The number of benzene rings is 2. The zero-order valence-corrected chi connectivity index (χ0v) is 23.2. The van der Waals surface area contributed by atoms with Gasteiger partial charge in [0.25, 0.3) is 0 Å². The predicted molar refractivity (Wildman–Crippen MR) is 141 cm³/mol. The largest absolute Gasteiger partial charge is 0.507 e. The van der Waals surface area contributed by atoms with Crippen molar-refractivity contribution >= 4 is 11.7 Å². The van der Waals surface area contributed by atoms with Crippen LogP contribution in [0.2, 0.25) is 0 Å². The standard InChI is InChI=1S/C29H34F3N3O4/c1-27(2,3)20-13-19(14-21(24(20)37)28(4,5)6)22(36)16-35-23(39-7)17-34(15-18-11-9-8-10-12-18)26(35)33-25(38)29(30,31)32/h8-14,17,37H,15-16H2,1-7H3/b33-26-. The maximum Gasteiger partial charge on any atom is 0.473 e. The number of carbonyl (C=O) groups is 2.